The highest BCUT2D eigenvalue weighted by atomic mass is 16.3. The Kier molecular flexibility index (Phi) is 5.54. The maximum absolute atomic E-state index is 12.2. The van der Waals surface area contributed by atoms with Crippen molar-refractivity contribution in [1.82, 2.24) is 4.90 Å². The van der Waals surface area contributed by atoms with Gasteiger partial charge in [-0.15, -0.1) is 0 Å². The summed E-state index contributed by atoms with van der Waals surface area (Å²) in [5.41, 5.74) is 0.354. The molecule has 0 spiro atoms. The van der Waals surface area contributed by atoms with Crippen molar-refractivity contribution in [2.45, 2.75) is 32.4 Å². The number of hydrogen-bond acceptors (Lipinski definition) is 7. The average Bonchev–Trinajstić information content (AvgIpc) is 3.13. The summed E-state index contributed by atoms with van der Waals surface area (Å²) in [5.74, 6) is -0.620. The van der Waals surface area contributed by atoms with Crippen LogP contribution in [0.3, 0.4) is 0 Å². The molecule has 0 bridgehead atoms. The second-order valence-corrected chi connectivity index (χ2v) is 7.06. The van der Waals surface area contributed by atoms with Crippen LogP contribution in [0, 0.1) is 6.92 Å². The first-order chi connectivity index (χ1) is 13.7. The van der Waals surface area contributed by atoms with Crippen LogP contribution >= 0.6 is 0 Å². The Morgan fingerprint density at radius 3 is 2.59 bits per heavy atom. The number of para-hydroxylation sites is 1. The third-order valence-electron chi connectivity index (χ3n) is 4.74. The van der Waals surface area contributed by atoms with Gasteiger partial charge in [-0.3, -0.25) is 19.4 Å². The fraction of sp³-hybridized carbons (Fsp3) is 0.333. The molecule has 1 heterocycles. The number of hydrogen-bond donors (Lipinski definition) is 2. The fourth-order valence-electron chi connectivity index (χ4n) is 3.09. The van der Waals surface area contributed by atoms with Gasteiger partial charge in [0.1, 0.15) is 29.3 Å². The normalized spacial score (nSPS) is 18.5. The van der Waals surface area contributed by atoms with Gasteiger partial charge in [0.15, 0.2) is 5.75 Å². The van der Waals surface area contributed by atoms with E-state index >= 15 is 0 Å². The highest BCUT2D eigenvalue weighted by molar-refractivity contribution is 6.80. The summed E-state index contributed by atoms with van der Waals surface area (Å²) in [6.45, 7) is 3.72. The van der Waals surface area contributed by atoms with E-state index in [0.717, 1.165) is 5.76 Å². The topological polar surface area (TPSA) is 112 Å². The van der Waals surface area contributed by atoms with Crippen LogP contribution in [0.4, 0.5) is 5.69 Å². The Hall–Kier alpha value is -3.42. The molecule has 1 saturated carbocycles. The Morgan fingerprint density at radius 1 is 1.28 bits per heavy atom. The molecule has 0 unspecified atom stereocenters. The molecular formula is C21H23N3O5. The minimum Gasteiger partial charge on any atom is -0.505 e. The molecule has 8 heteroatoms. The van der Waals surface area contributed by atoms with Gasteiger partial charge in [0.05, 0.1) is 11.3 Å². The lowest BCUT2D eigenvalue weighted by Crippen LogP contribution is -2.58. The molecule has 3 rings (SSSR count). The molecule has 2 aromatic rings. The van der Waals surface area contributed by atoms with Crippen molar-refractivity contribution >= 4 is 28.9 Å². The quantitative estimate of drug-likeness (QED) is 0.572. The van der Waals surface area contributed by atoms with Crippen molar-refractivity contribution in [1.29, 1.82) is 0 Å². The highest BCUT2D eigenvalue weighted by Crippen LogP contribution is 2.31. The second kappa shape index (κ2) is 7.90. The van der Waals surface area contributed by atoms with Crippen molar-refractivity contribution in [2.75, 3.05) is 19.4 Å². The number of carbonyl (C=O) groups excluding carboxylic acids is 3. The lowest BCUT2D eigenvalue weighted by Gasteiger charge is -2.28. The number of Topliss-reactive ketones (excluding diaryl/α,β-unsaturated/α-hetero) is 2. The van der Waals surface area contributed by atoms with Gasteiger partial charge < -0.3 is 19.7 Å². The molecule has 2 atom stereocenters. The molecule has 1 aliphatic rings. The van der Waals surface area contributed by atoms with Crippen LogP contribution < -0.4 is 5.32 Å². The molecule has 0 saturated heterocycles. The van der Waals surface area contributed by atoms with Crippen LogP contribution in [0.1, 0.15) is 41.3 Å². The van der Waals surface area contributed by atoms with E-state index in [1.807, 2.05) is 19.9 Å². The molecule has 1 fully saturated rings. The minimum absolute atomic E-state index is 0.0830. The average molecular weight is 397 g/mol. The van der Waals surface area contributed by atoms with E-state index in [9.17, 15) is 19.5 Å². The molecule has 152 valence electrons. The van der Waals surface area contributed by atoms with Crippen LogP contribution in [0.2, 0.25) is 0 Å². The van der Waals surface area contributed by atoms with Crippen molar-refractivity contribution in [3.8, 4) is 5.75 Å². The van der Waals surface area contributed by atoms with E-state index in [1.165, 1.54) is 17.0 Å². The number of rotatable bonds is 6. The first kappa shape index (κ1) is 20.3. The van der Waals surface area contributed by atoms with Crippen LogP contribution in [0.25, 0.3) is 0 Å². The number of nitrogens with one attached hydrogen (secondary N) is 1. The maximum Gasteiger partial charge on any atom is 0.257 e. The summed E-state index contributed by atoms with van der Waals surface area (Å²) in [5, 5.41) is 13.3. The van der Waals surface area contributed by atoms with Gasteiger partial charge in [-0.25, -0.2) is 0 Å². The van der Waals surface area contributed by atoms with Gasteiger partial charge >= 0.3 is 0 Å². The van der Waals surface area contributed by atoms with E-state index in [4.69, 9.17) is 4.42 Å². The smallest absolute Gasteiger partial charge is 0.257 e. The zero-order valence-corrected chi connectivity index (χ0v) is 16.7. The Labute approximate surface area is 168 Å². The number of anilines is 1. The molecule has 1 amide bonds. The first-order valence-corrected chi connectivity index (χ1v) is 9.27. The summed E-state index contributed by atoms with van der Waals surface area (Å²) < 4.78 is 5.60. The number of amides is 1. The van der Waals surface area contributed by atoms with Crippen LogP contribution in [-0.4, -0.2) is 53.3 Å². The summed E-state index contributed by atoms with van der Waals surface area (Å²) in [4.78, 5) is 42.2. The molecule has 1 aliphatic carbocycles. The van der Waals surface area contributed by atoms with Crippen LogP contribution in [0.15, 0.2) is 39.7 Å². The van der Waals surface area contributed by atoms with Crippen LogP contribution in [-0.2, 0) is 9.59 Å². The number of carbonyl (C=O) groups is 3. The van der Waals surface area contributed by atoms with Gasteiger partial charge in [-0.05, 0) is 37.6 Å². The lowest BCUT2D eigenvalue weighted by molar-refractivity contribution is -0.135. The Morgan fingerprint density at radius 2 is 2.00 bits per heavy atom. The number of benzene rings is 1. The predicted molar refractivity (Wildman–Crippen MR) is 107 cm³/mol. The largest absolute Gasteiger partial charge is 0.505 e. The molecule has 29 heavy (non-hydrogen) atoms. The molecular weight excluding hydrogens is 374 g/mol. The zero-order valence-electron chi connectivity index (χ0n) is 16.7. The summed E-state index contributed by atoms with van der Waals surface area (Å²) in [7, 11) is 3.14. The molecule has 0 aliphatic heterocycles. The predicted octanol–water partition coefficient (Wildman–Crippen LogP) is 2.52. The summed E-state index contributed by atoms with van der Waals surface area (Å²) >= 11 is 0. The minimum atomic E-state index is -0.983. The molecule has 8 nitrogen and oxygen atoms in total. The number of phenolic OH excluding ortho intramolecular Hbond substituents is 1. The number of aliphatic imine (C=N–C) groups is 1. The van der Waals surface area contributed by atoms with Gasteiger partial charge in [0, 0.05) is 14.1 Å². The first-order valence-electron chi connectivity index (χ1n) is 9.27. The van der Waals surface area contributed by atoms with Crippen molar-refractivity contribution in [2.24, 2.45) is 4.99 Å². The molecule has 0 radical (unpaired) electrons. The Bertz CT molecular complexity index is 1010. The van der Waals surface area contributed by atoms with Crippen molar-refractivity contribution in [3.05, 3.63) is 47.4 Å². The standard InChI is InChI=1S/C21H23N3O5/c1-5-13(15-10-9-11(2)29-15)22-16-17(20(27)19(16)26)23-14-8-6-7-12(18(14)25)21(28)24(3)4/h6-10,13,17,23,25H,5H2,1-4H3/t13-,17+/m1/s1. The highest BCUT2D eigenvalue weighted by Gasteiger charge is 2.46. The van der Waals surface area contributed by atoms with E-state index in [2.05, 4.69) is 10.3 Å². The van der Waals surface area contributed by atoms with Gasteiger partial charge in [-0.2, -0.15) is 0 Å². The van der Waals surface area contributed by atoms with Crippen molar-refractivity contribution in [3.63, 3.8) is 0 Å². The number of nitrogens with zero attached hydrogens (tertiary/aromatic N) is 2. The van der Waals surface area contributed by atoms with Gasteiger partial charge in [0.2, 0.25) is 11.6 Å². The number of ketones is 2. The number of phenols is 1. The summed E-state index contributed by atoms with van der Waals surface area (Å²) in [6.07, 6.45) is 0.586. The number of aryl methyl sites for hydroxylation is 1. The molecule has 1 aromatic heterocycles. The third kappa shape index (κ3) is 3.78. The van der Waals surface area contributed by atoms with E-state index in [1.54, 1.807) is 26.2 Å². The zero-order chi connectivity index (χ0) is 21.3. The SMILES string of the molecule is CC[C@@H](N=C1C(=O)C(=O)[C@H]1Nc1cccc(C(=O)N(C)C)c1O)c1ccc(C)o1. The fourth-order valence-corrected chi connectivity index (χ4v) is 3.09. The van der Waals surface area contributed by atoms with Gasteiger partial charge in [-0.1, -0.05) is 13.0 Å². The summed E-state index contributed by atoms with van der Waals surface area (Å²) in [6, 6.07) is 6.83. The number of furan rings is 1. The monoisotopic (exact) mass is 397 g/mol. The van der Waals surface area contributed by atoms with Crippen LogP contribution in [0.5, 0.6) is 5.75 Å². The van der Waals surface area contributed by atoms with Gasteiger partial charge in [0.25, 0.3) is 5.91 Å². The maximum atomic E-state index is 12.2. The lowest BCUT2D eigenvalue weighted by atomic mass is 9.85. The van der Waals surface area contributed by atoms with E-state index in [-0.39, 0.29) is 28.6 Å². The van der Waals surface area contributed by atoms with E-state index in [0.29, 0.717) is 12.2 Å². The molecule has 2 N–H and O–H groups in total. The third-order valence-corrected chi connectivity index (χ3v) is 4.74. The van der Waals surface area contributed by atoms with E-state index < -0.39 is 23.7 Å². The second-order valence-electron chi connectivity index (χ2n) is 7.06. The number of aromatic hydroxyl groups is 1. The van der Waals surface area contributed by atoms with Crippen molar-refractivity contribution < 1.29 is 23.9 Å². The molecule has 1 aromatic carbocycles. The Balaban J connectivity index is 1.89.